The van der Waals surface area contributed by atoms with Gasteiger partial charge in [0.1, 0.15) is 5.75 Å². The van der Waals surface area contributed by atoms with Crippen LogP contribution in [0, 0.1) is 6.92 Å². The molecule has 0 saturated carbocycles. The molecule has 1 amide bonds. The van der Waals surface area contributed by atoms with Gasteiger partial charge in [-0.25, -0.2) is 8.42 Å². The number of hydrogen-bond acceptors (Lipinski definition) is 4. The van der Waals surface area contributed by atoms with Crippen LogP contribution in [-0.2, 0) is 27.8 Å². The molecule has 0 aromatic heterocycles. The van der Waals surface area contributed by atoms with Crippen molar-refractivity contribution in [1.29, 1.82) is 0 Å². The molecular formula is C25H24Cl2N2O4S. The Morgan fingerprint density at radius 3 is 2.65 bits per heavy atom. The van der Waals surface area contributed by atoms with E-state index in [1.165, 1.54) is 10.4 Å². The summed E-state index contributed by atoms with van der Waals surface area (Å²) in [4.78, 5) is 12.4. The van der Waals surface area contributed by atoms with Gasteiger partial charge in [-0.3, -0.25) is 9.10 Å². The van der Waals surface area contributed by atoms with E-state index >= 15 is 0 Å². The summed E-state index contributed by atoms with van der Waals surface area (Å²) in [5, 5.41) is 3.74. The van der Waals surface area contributed by atoms with Crippen LogP contribution in [0.3, 0.4) is 0 Å². The second-order valence-electron chi connectivity index (χ2n) is 8.04. The van der Waals surface area contributed by atoms with Crippen molar-refractivity contribution in [2.75, 3.05) is 17.5 Å². The van der Waals surface area contributed by atoms with E-state index in [0.29, 0.717) is 27.9 Å². The highest BCUT2D eigenvalue weighted by Crippen LogP contribution is 2.33. The highest BCUT2D eigenvalue weighted by Gasteiger charge is 2.29. The lowest BCUT2D eigenvalue weighted by atomic mass is 10.0. The first-order valence-corrected chi connectivity index (χ1v) is 13.0. The van der Waals surface area contributed by atoms with Crippen LogP contribution in [0.1, 0.15) is 23.1 Å². The first kappa shape index (κ1) is 24.4. The summed E-state index contributed by atoms with van der Waals surface area (Å²) in [5.74, 6) is 0.115. The maximum atomic E-state index is 13.3. The number of aryl methyl sites for hydroxylation is 2. The Morgan fingerprint density at radius 2 is 1.88 bits per heavy atom. The molecule has 0 spiro atoms. The molecule has 9 heteroatoms. The number of benzene rings is 3. The van der Waals surface area contributed by atoms with Crippen molar-refractivity contribution in [2.24, 2.45) is 0 Å². The summed E-state index contributed by atoms with van der Waals surface area (Å²) in [6, 6.07) is 17.3. The van der Waals surface area contributed by atoms with Crippen LogP contribution < -0.4 is 14.4 Å². The number of carbonyl (C=O) groups is 1. The number of halogens is 2. The van der Waals surface area contributed by atoms with Gasteiger partial charge in [0.15, 0.2) is 6.61 Å². The number of ether oxygens (including phenoxy) is 1. The van der Waals surface area contributed by atoms with Crippen molar-refractivity contribution in [3.05, 3.63) is 87.4 Å². The molecule has 0 radical (unpaired) electrons. The number of carbonyl (C=O) groups excluding carboxylic acids is 1. The van der Waals surface area contributed by atoms with Gasteiger partial charge in [0, 0.05) is 23.1 Å². The molecule has 0 saturated heterocycles. The molecule has 0 bridgehead atoms. The number of amides is 1. The summed E-state index contributed by atoms with van der Waals surface area (Å²) in [7, 11) is -3.72. The molecule has 1 N–H and O–H groups in total. The Morgan fingerprint density at radius 1 is 1.09 bits per heavy atom. The van der Waals surface area contributed by atoms with E-state index in [9.17, 15) is 13.2 Å². The molecule has 34 heavy (non-hydrogen) atoms. The van der Waals surface area contributed by atoms with Crippen LogP contribution in [0.25, 0.3) is 0 Å². The zero-order valence-electron chi connectivity index (χ0n) is 18.6. The van der Waals surface area contributed by atoms with E-state index in [1.807, 2.05) is 24.3 Å². The minimum atomic E-state index is -3.72. The maximum Gasteiger partial charge on any atom is 0.264 e. The van der Waals surface area contributed by atoms with Crippen LogP contribution in [-0.4, -0.2) is 27.5 Å². The van der Waals surface area contributed by atoms with E-state index in [1.54, 1.807) is 37.3 Å². The molecule has 3 aromatic carbocycles. The standard InChI is InChI=1S/C25H24Cl2N2O4S/c1-17-13-21(34(31,32)29-12-4-6-18-5-2-3-7-23(18)29)10-11-24(17)33-16-25(30)28-15-19-8-9-20(26)14-22(19)27/h2-3,5,7-11,13-14H,4,6,12,15-16H2,1H3,(H,28,30). The minimum Gasteiger partial charge on any atom is -0.484 e. The molecule has 0 atom stereocenters. The highest BCUT2D eigenvalue weighted by atomic mass is 35.5. The van der Waals surface area contributed by atoms with E-state index in [0.717, 1.165) is 29.7 Å². The Balaban J connectivity index is 1.41. The molecule has 1 aliphatic heterocycles. The average molecular weight is 519 g/mol. The molecule has 0 unspecified atom stereocenters. The molecule has 0 fully saturated rings. The summed E-state index contributed by atoms with van der Waals surface area (Å²) in [6.45, 7) is 2.22. The number of anilines is 1. The molecule has 1 aliphatic rings. The fourth-order valence-electron chi connectivity index (χ4n) is 3.87. The van der Waals surface area contributed by atoms with Gasteiger partial charge < -0.3 is 10.1 Å². The van der Waals surface area contributed by atoms with Crippen LogP contribution in [0.4, 0.5) is 5.69 Å². The molecule has 6 nitrogen and oxygen atoms in total. The van der Waals surface area contributed by atoms with Gasteiger partial charge in [-0.1, -0.05) is 47.5 Å². The Bertz CT molecular complexity index is 1330. The van der Waals surface area contributed by atoms with Crippen molar-refractivity contribution in [3.63, 3.8) is 0 Å². The van der Waals surface area contributed by atoms with E-state index in [4.69, 9.17) is 27.9 Å². The molecule has 0 aliphatic carbocycles. The molecule has 1 heterocycles. The average Bonchev–Trinajstić information content (AvgIpc) is 2.82. The van der Waals surface area contributed by atoms with Crippen LogP contribution in [0.2, 0.25) is 10.0 Å². The topological polar surface area (TPSA) is 75.7 Å². The normalized spacial score (nSPS) is 13.3. The van der Waals surface area contributed by atoms with Crippen molar-refractivity contribution in [2.45, 2.75) is 31.2 Å². The lowest BCUT2D eigenvalue weighted by Gasteiger charge is -2.30. The van der Waals surface area contributed by atoms with E-state index in [2.05, 4.69) is 5.32 Å². The van der Waals surface area contributed by atoms with Crippen molar-refractivity contribution in [3.8, 4) is 5.75 Å². The third-order valence-electron chi connectivity index (χ3n) is 5.65. The van der Waals surface area contributed by atoms with Crippen LogP contribution >= 0.6 is 23.2 Å². The fraction of sp³-hybridized carbons (Fsp3) is 0.240. The SMILES string of the molecule is Cc1cc(S(=O)(=O)N2CCCc3ccccc32)ccc1OCC(=O)NCc1ccc(Cl)cc1Cl. The van der Waals surface area contributed by atoms with Gasteiger partial charge in [0.05, 0.1) is 10.6 Å². The first-order chi connectivity index (χ1) is 16.3. The fourth-order valence-corrected chi connectivity index (χ4v) is 5.98. The third kappa shape index (κ3) is 5.32. The number of para-hydroxylation sites is 1. The van der Waals surface area contributed by atoms with Gasteiger partial charge in [-0.2, -0.15) is 0 Å². The quantitative estimate of drug-likeness (QED) is 0.469. The summed E-state index contributed by atoms with van der Waals surface area (Å²) in [5.41, 5.74) is 3.12. The number of nitrogens with one attached hydrogen (secondary N) is 1. The van der Waals surface area contributed by atoms with Gasteiger partial charge in [-0.15, -0.1) is 0 Å². The number of fused-ring (bicyclic) bond motifs is 1. The van der Waals surface area contributed by atoms with Gasteiger partial charge in [-0.05, 0) is 72.9 Å². The van der Waals surface area contributed by atoms with E-state index in [-0.39, 0.29) is 24.0 Å². The lowest BCUT2D eigenvalue weighted by molar-refractivity contribution is -0.123. The minimum absolute atomic E-state index is 0.191. The summed E-state index contributed by atoms with van der Waals surface area (Å²) in [6.07, 6.45) is 1.63. The zero-order valence-corrected chi connectivity index (χ0v) is 20.9. The number of sulfonamides is 1. The Hall–Kier alpha value is -2.74. The predicted molar refractivity (Wildman–Crippen MR) is 134 cm³/mol. The van der Waals surface area contributed by atoms with Gasteiger partial charge in [0.25, 0.3) is 15.9 Å². The monoisotopic (exact) mass is 518 g/mol. The Kier molecular flexibility index (Phi) is 7.36. The smallest absolute Gasteiger partial charge is 0.264 e. The molecular weight excluding hydrogens is 495 g/mol. The van der Waals surface area contributed by atoms with Gasteiger partial charge >= 0.3 is 0 Å². The van der Waals surface area contributed by atoms with Gasteiger partial charge in [0.2, 0.25) is 0 Å². The maximum absolute atomic E-state index is 13.3. The number of rotatable bonds is 7. The Labute approximate surface area is 209 Å². The van der Waals surface area contributed by atoms with Crippen LogP contribution in [0.15, 0.2) is 65.6 Å². The number of nitrogens with zero attached hydrogens (tertiary/aromatic N) is 1. The first-order valence-electron chi connectivity index (χ1n) is 10.8. The predicted octanol–water partition coefficient (Wildman–Crippen LogP) is 5.14. The van der Waals surface area contributed by atoms with Crippen molar-refractivity contribution in [1.82, 2.24) is 5.32 Å². The highest BCUT2D eigenvalue weighted by molar-refractivity contribution is 7.92. The zero-order chi connectivity index (χ0) is 24.3. The summed E-state index contributed by atoms with van der Waals surface area (Å²) < 4.78 is 33.8. The van der Waals surface area contributed by atoms with E-state index < -0.39 is 10.0 Å². The summed E-state index contributed by atoms with van der Waals surface area (Å²) >= 11 is 12.0. The molecule has 178 valence electrons. The van der Waals surface area contributed by atoms with Crippen molar-refractivity contribution >= 4 is 44.8 Å². The lowest BCUT2D eigenvalue weighted by Crippen LogP contribution is -2.35. The molecule has 4 rings (SSSR count). The second-order valence-corrected chi connectivity index (χ2v) is 10.7. The second kappa shape index (κ2) is 10.3. The number of hydrogen-bond donors (Lipinski definition) is 1. The largest absolute Gasteiger partial charge is 0.484 e. The molecule has 3 aromatic rings. The van der Waals surface area contributed by atoms with Crippen molar-refractivity contribution < 1.29 is 17.9 Å². The van der Waals surface area contributed by atoms with Crippen LogP contribution in [0.5, 0.6) is 5.75 Å². The third-order valence-corrected chi connectivity index (χ3v) is 8.05.